The zero-order valence-corrected chi connectivity index (χ0v) is 11.4. The van der Waals surface area contributed by atoms with Crippen molar-refractivity contribution in [3.05, 3.63) is 18.1 Å². The minimum atomic E-state index is -1.02. The van der Waals surface area contributed by atoms with Crippen LogP contribution in [0.4, 0.5) is 5.82 Å². The minimum Gasteiger partial charge on any atom is -0.476 e. The largest absolute Gasteiger partial charge is 0.476 e. The maximum Gasteiger partial charge on any atom is 0.356 e. The molecule has 1 aliphatic heterocycles. The average Bonchev–Trinajstić information content (AvgIpc) is 2.65. The number of hydrogen-bond acceptors (Lipinski definition) is 4. The van der Waals surface area contributed by atoms with Crippen LogP contribution in [0.2, 0.25) is 0 Å². The molecule has 5 heteroatoms. The standard InChI is InChI=1S/C14H21N3O2/c1-2-4-11-5-3-7-17(8-6-11)13-10-15-9-12(16-13)14(18)19/h9-11H,2-8H2,1H3,(H,18,19). The predicted molar refractivity (Wildman–Crippen MR) is 73.5 cm³/mol. The summed E-state index contributed by atoms with van der Waals surface area (Å²) >= 11 is 0. The minimum absolute atomic E-state index is 0.0202. The van der Waals surface area contributed by atoms with Gasteiger partial charge in [-0.1, -0.05) is 19.8 Å². The third-order valence-electron chi connectivity index (χ3n) is 3.71. The Hall–Kier alpha value is -1.65. The quantitative estimate of drug-likeness (QED) is 0.904. The van der Waals surface area contributed by atoms with Crippen LogP contribution in [0.1, 0.15) is 49.5 Å². The van der Waals surface area contributed by atoms with E-state index in [4.69, 9.17) is 5.11 Å². The Labute approximate surface area is 113 Å². The first-order valence-corrected chi connectivity index (χ1v) is 7.01. The van der Waals surface area contributed by atoms with Crippen LogP contribution < -0.4 is 4.90 Å². The Morgan fingerprint density at radius 3 is 3.00 bits per heavy atom. The van der Waals surface area contributed by atoms with E-state index >= 15 is 0 Å². The SMILES string of the molecule is CCCC1CCCN(c2cncc(C(=O)O)n2)CC1. The number of carboxylic acids is 1. The molecule has 0 amide bonds. The van der Waals surface area contributed by atoms with Gasteiger partial charge in [-0.15, -0.1) is 0 Å². The summed E-state index contributed by atoms with van der Waals surface area (Å²) in [6, 6.07) is 0. The number of rotatable bonds is 4. The summed E-state index contributed by atoms with van der Waals surface area (Å²) in [5.74, 6) is 0.468. The van der Waals surface area contributed by atoms with Crippen LogP contribution in [0.25, 0.3) is 0 Å². The normalized spacial score (nSPS) is 20.1. The van der Waals surface area contributed by atoms with Gasteiger partial charge in [-0.3, -0.25) is 4.98 Å². The molecule has 0 radical (unpaired) electrons. The van der Waals surface area contributed by atoms with Gasteiger partial charge in [-0.2, -0.15) is 0 Å². The van der Waals surface area contributed by atoms with Crippen molar-refractivity contribution in [2.45, 2.75) is 39.0 Å². The first-order chi connectivity index (χ1) is 9.20. The second-order valence-corrected chi connectivity index (χ2v) is 5.14. The highest BCUT2D eigenvalue weighted by Gasteiger charge is 2.18. The lowest BCUT2D eigenvalue weighted by molar-refractivity contribution is 0.0690. The molecule has 0 spiro atoms. The molecule has 2 rings (SSSR count). The first kappa shape index (κ1) is 13.8. The van der Waals surface area contributed by atoms with Gasteiger partial charge >= 0.3 is 5.97 Å². The summed E-state index contributed by atoms with van der Waals surface area (Å²) in [7, 11) is 0. The van der Waals surface area contributed by atoms with E-state index in [1.807, 2.05) is 0 Å². The highest BCUT2D eigenvalue weighted by atomic mass is 16.4. The van der Waals surface area contributed by atoms with E-state index in [2.05, 4.69) is 21.8 Å². The molecule has 1 unspecified atom stereocenters. The molecule has 1 aliphatic rings. The molecule has 1 atom stereocenters. The van der Waals surface area contributed by atoms with Crippen LogP contribution in [-0.2, 0) is 0 Å². The number of aromatic nitrogens is 2. The van der Waals surface area contributed by atoms with E-state index in [0.717, 1.165) is 31.8 Å². The van der Waals surface area contributed by atoms with Crippen molar-refractivity contribution in [1.29, 1.82) is 0 Å². The monoisotopic (exact) mass is 263 g/mol. The topological polar surface area (TPSA) is 66.3 Å². The van der Waals surface area contributed by atoms with E-state index in [0.29, 0.717) is 5.82 Å². The van der Waals surface area contributed by atoms with Gasteiger partial charge in [-0.05, 0) is 25.2 Å². The molecular formula is C14H21N3O2. The fourth-order valence-electron chi connectivity index (χ4n) is 2.70. The molecule has 2 heterocycles. The zero-order valence-electron chi connectivity index (χ0n) is 11.4. The van der Waals surface area contributed by atoms with Gasteiger partial charge in [0.2, 0.25) is 0 Å². The number of hydrogen-bond donors (Lipinski definition) is 1. The van der Waals surface area contributed by atoms with Crippen molar-refractivity contribution in [3.63, 3.8) is 0 Å². The Morgan fingerprint density at radius 2 is 2.26 bits per heavy atom. The van der Waals surface area contributed by atoms with Gasteiger partial charge in [0, 0.05) is 13.1 Å². The smallest absolute Gasteiger partial charge is 0.356 e. The molecule has 0 bridgehead atoms. The van der Waals surface area contributed by atoms with Crippen LogP contribution in [0.5, 0.6) is 0 Å². The molecule has 0 aromatic carbocycles. The van der Waals surface area contributed by atoms with Gasteiger partial charge in [-0.25, -0.2) is 9.78 Å². The number of carboxylic acid groups (broad SMARTS) is 1. The van der Waals surface area contributed by atoms with Gasteiger partial charge in [0.15, 0.2) is 5.69 Å². The number of anilines is 1. The first-order valence-electron chi connectivity index (χ1n) is 7.01. The fourth-order valence-corrected chi connectivity index (χ4v) is 2.70. The molecule has 104 valence electrons. The molecule has 19 heavy (non-hydrogen) atoms. The molecular weight excluding hydrogens is 242 g/mol. The Morgan fingerprint density at radius 1 is 1.42 bits per heavy atom. The molecule has 1 fully saturated rings. The molecule has 0 saturated carbocycles. The summed E-state index contributed by atoms with van der Waals surface area (Å²) in [5.41, 5.74) is 0.0202. The van der Waals surface area contributed by atoms with Crippen LogP contribution in [0.3, 0.4) is 0 Å². The summed E-state index contributed by atoms with van der Waals surface area (Å²) in [6.07, 6.45) is 9.04. The van der Waals surface area contributed by atoms with Crippen LogP contribution in [0, 0.1) is 5.92 Å². The highest BCUT2D eigenvalue weighted by Crippen LogP contribution is 2.24. The Balaban J connectivity index is 2.05. The van der Waals surface area contributed by atoms with Crippen LogP contribution in [0.15, 0.2) is 12.4 Å². The molecule has 1 N–H and O–H groups in total. The molecule has 5 nitrogen and oxygen atoms in total. The van der Waals surface area contributed by atoms with Crippen LogP contribution >= 0.6 is 0 Å². The average molecular weight is 263 g/mol. The summed E-state index contributed by atoms with van der Waals surface area (Å²) < 4.78 is 0. The summed E-state index contributed by atoms with van der Waals surface area (Å²) in [6.45, 7) is 4.12. The van der Waals surface area contributed by atoms with Crippen LogP contribution in [-0.4, -0.2) is 34.1 Å². The van der Waals surface area contributed by atoms with E-state index in [9.17, 15) is 4.79 Å². The number of carbonyl (C=O) groups is 1. The lowest BCUT2D eigenvalue weighted by Crippen LogP contribution is -2.26. The van der Waals surface area contributed by atoms with Crippen molar-refractivity contribution >= 4 is 11.8 Å². The van der Waals surface area contributed by atoms with E-state index in [1.165, 1.54) is 25.5 Å². The van der Waals surface area contributed by atoms with Crippen molar-refractivity contribution in [1.82, 2.24) is 9.97 Å². The van der Waals surface area contributed by atoms with Crippen molar-refractivity contribution in [2.75, 3.05) is 18.0 Å². The zero-order chi connectivity index (χ0) is 13.7. The Bertz CT molecular complexity index is 436. The summed E-state index contributed by atoms with van der Waals surface area (Å²) in [5, 5.41) is 8.95. The Kier molecular flexibility index (Phi) is 4.71. The molecule has 0 aliphatic carbocycles. The third kappa shape index (κ3) is 3.66. The van der Waals surface area contributed by atoms with E-state index in [-0.39, 0.29) is 5.69 Å². The number of aromatic carboxylic acids is 1. The predicted octanol–water partition coefficient (Wildman–Crippen LogP) is 2.58. The van der Waals surface area contributed by atoms with Crippen molar-refractivity contribution in [3.8, 4) is 0 Å². The maximum atomic E-state index is 10.9. The van der Waals surface area contributed by atoms with Gasteiger partial charge in [0.05, 0.1) is 12.4 Å². The second-order valence-electron chi connectivity index (χ2n) is 5.14. The van der Waals surface area contributed by atoms with E-state index in [1.54, 1.807) is 6.20 Å². The van der Waals surface area contributed by atoms with Gasteiger partial charge in [0.1, 0.15) is 5.82 Å². The fraction of sp³-hybridized carbons (Fsp3) is 0.643. The molecule has 1 aromatic heterocycles. The third-order valence-corrected chi connectivity index (χ3v) is 3.71. The van der Waals surface area contributed by atoms with Crippen molar-refractivity contribution < 1.29 is 9.90 Å². The summed E-state index contributed by atoms with van der Waals surface area (Å²) in [4.78, 5) is 21.2. The molecule has 1 saturated heterocycles. The second kappa shape index (κ2) is 6.50. The maximum absolute atomic E-state index is 10.9. The number of nitrogens with zero attached hydrogens (tertiary/aromatic N) is 3. The van der Waals surface area contributed by atoms with Gasteiger partial charge < -0.3 is 10.0 Å². The lowest BCUT2D eigenvalue weighted by Gasteiger charge is -2.21. The lowest BCUT2D eigenvalue weighted by atomic mass is 9.96. The highest BCUT2D eigenvalue weighted by molar-refractivity contribution is 5.85. The van der Waals surface area contributed by atoms with E-state index < -0.39 is 5.97 Å². The molecule has 1 aromatic rings. The van der Waals surface area contributed by atoms with Crippen molar-refractivity contribution in [2.24, 2.45) is 5.92 Å². The van der Waals surface area contributed by atoms with Gasteiger partial charge in [0.25, 0.3) is 0 Å².